The van der Waals surface area contributed by atoms with E-state index in [1.807, 2.05) is 0 Å². The molecule has 0 aliphatic carbocycles. The smallest absolute Gasteiger partial charge is 0.417 e. The summed E-state index contributed by atoms with van der Waals surface area (Å²) in [7, 11) is -3.66. The van der Waals surface area contributed by atoms with Crippen LogP contribution in [0.15, 0.2) is 41.4 Å². The third-order valence-corrected chi connectivity index (χ3v) is 4.96. The number of carbonyl (C=O) groups excluding carboxylic acids is 1. The van der Waals surface area contributed by atoms with Crippen molar-refractivity contribution in [1.82, 2.24) is 4.98 Å². The topological polar surface area (TPSA) is 82.6 Å². The van der Waals surface area contributed by atoms with E-state index in [2.05, 4.69) is 4.98 Å². The molecule has 0 aliphatic rings. The zero-order valence-electron chi connectivity index (χ0n) is 15.8. The van der Waals surface area contributed by atoms with E-state index in [9.17, 15) is 26.4 Å². The quantitative estimate of drug-likeness (QED) is 0.466. The molecule has 0 bridgehead atoms. The van der Waals surface area contributed by atoms with E-state index in [4.69, 9.17) is 9.47 Å². The Morgan fingerprint density at radius 2 is 1.79 bits per heavy atom. The van der Waals surface area contributed by atoms with Gasteiger partial charge < -0.3 is 9.47 Å². The molecule has 0 N–H and O–H groups in total. The average Bonchev–Trinajstić information content (AvgIpc) is 2.63. The lowest BCUT2D eigenvalue weighted by Gasteiger charge is -2.15. The summed E-state index contributed by atoms with van der Waals surface area (Å²) in [4.78, 5) is 14.5. The molecule has 0 aliphatic heterocycles. The molecular formula is C19H20F3NO5S. The predicted molar refractivity (Wildman–Crippen MR) is 99.1 cm³/mol. The van der Waals surface area contributed by atoms with E-state index >= 15 is 0 Å². The van der Waals surface area contributed by atoms with Gasteiger partial charge in [0.15, 0.2) is 9.84 Å². The van der Waals surface area contributed by atoms with Gasteiger partial charge in [0.05, 0.1) is 24.5 Å². The Morgan fingerprint density at radius 3 is 2.34 bits per heavy atom. The number of rotatable bonds is 8. The van der Waals surface area contributed by atoms with E-state index in [1.54, 1.807) is 0 Å². The number of hydrogen-bond donors (Lipinski definition) is 0. The number of hydrogen-bond acceptors (Lipinski definition) is 6. The molecule has 158 valence electrons. The number of carbonyl (C=O) groups is 1. The van der Waals surface area contributed by atoms with Crippen LogP contribution in [0.25, 0.3) is 11.3 Å². The van der Waals surface area contributed by atoms with Crippen molar-refractivity contribution in [2.75, 3.05) is 19.5 Å². The van der Waals surface area contributed by atoms with Crippen molar-refractivity contribution < 1.29 is 35.9 Å². The van der Waals surface area contributed by atoms with Gasteiger partial charge in [0.2, 0.25) is 0 Å². The highest BCUT2D eigenvalue weighted by Gasteiger charge is 2.31. The number of aromatic nitrogens is 1. The molecule has 0 atom stereocenters. The van der Waals surface area contributed by atoms with Crippen LogP contribution in [0.2, 0.25) is 0 Å². The van der Waals surface area contributed by atoms with Crippen molar-refractivity contribution in [3.63, 3.8) is 0 Å². The molecule has 2 aromatic rings. The number of benzene rings is 1. The summed E-state index contributed by atoms with van der Waals surface area (Å²) in [5.74, 6) is -0.376. The molecule has 0 amide bonds. The van der Waals surface area contributed by atoms with Crippen LogP contribution < -0.4 is 4.74 Å². The number of esters is 1. The van der Waals surface area contributed by atoms with Crippen LogP contribution >= 0.6 is 0 Å². The third kappa shape index (κ3) is 6.45. The summed E-state index contributed by atoms with van der Waals surface area (Å²) in [5, 5.41) is 0. The minimum atomic E-state index is -4.53. The molecule has 29 heavy (non-hydrogen) atoms. The highest BCUT2D eigenvalue weighted by atomic mass is 32.2. The first-order chi connectivity index (χ1) is 13.5. The van der Waals surface area contributed by atoms with Gasteiger partial charge in [-0.15, -0.1) is 0 Å². The van der Waals surface area contributed by atoms with Gasteiger partial charge in [-0.2, -0.15) is 13.2 Å². The normalized spacial score (nSPS) is 11.9. The number of pyridine rings is 1. The lowest BCUT2D eigenvalue weighted by molar-refractivity contribution is -0.141. The van der Waals surface area contributed by atoms with Crippen molar-refractivity contribution in [3.8, 4) is 17.0 Å². The molecule has 0 unspecified atom stereocenters. The molecule has 0 saturated carbocycles. The summed E-state index contributed by atoms with van der Waals surface area (Å²) >= 11 is 0. The van der Waals surface area contributed by atoms with Crippen LogP contribution in [0.4, 0.5) is 13.2 Å². The number of ether oxygens (including phenoxy) is 2. The van der Waals surface area contributed by atoms with Crippen molar-refractivity contribution in [2.24, 2.45) is 0 Å². The van der Waals surface area contributed by atoms with Gasteiger partial charge in [-0.3, -0.25) is 9.78 Å². The molecule has 1 aromatic carbocycles. The summed E-state index contributed by atoms with van der Waals surface area (Å²) in [6.07, 6.45) is -1.84. The fraction of sp³-hybridized carbons (Fsp3) is 0.368. The Kier molecular flexibility index (Phi) is 7.23. The van der Waals surface area contributed by atoms with Crippen molar-refractivity contribution in [1.29, 1.82) is 0 Å². The SMILES string of the molecule is CC(=O)OCCCCOc1c(-c2ccc(C(F)(F)F)cn2)cccc1S(C)(=O)=O. The summed E-state index contributed by atoms with van der Waals surface area (Å²) in [6, 6.07) is 6.39. The van der Waals surface area contributed by atoms with Gasteiger partial charge in [-0.25, -0.2) is 8.42 Å². The maximum absolute atomic E-state index is 12.8. The second-order valence-corrected chi connectivity index (χ2v) is 8.21. The number of halogens is 3. The van der Waals surface area contributed by atoms with Gasteiger partial charge in [0.25, 0.3) is 0 Å². The highest BCUT2D eigenvalue weighted by molar-refractivity contribution is 7.90. The maximum atomic E-state index is 12.8. The van der Waals surface area contributed by atoms with Crippen molar-refractivity contribution >= 4 is 15.8 Å². The van der Waals surface area contributed by atoms with Crippen molar-refractivity contribution in [2.45, 2.75) is 30.8 Å². The van der Waals surface area contributed by atoms with Crippen LogP contribution in [0.3, 0.4) is 0 Å². The Balaban J connectivity index is 2.29. The lowest BCUT2D eigenvalue weighted by Crippen LogP contribution is -2.08. The Hall–Kier alpha value is -2.62. The van der Waals surface area contributed by atoms with Crippen LogP contribution in [0, 0.1) is 0 Å². The van der Waals surface area contributed by atoms with E-state index in [0.29, 0.717) is 19.0 Å². The van der Waals surface area contributed by atoms with E-state index in [1.165, 1.54) is 25.1 Å². The first kappa shape index (κ1) is 22.7. The molecular weight excluding hydrogens is 411 g/mol. The first-order valence-electron chi connectivity index (χ1n) is 8.63. The first-order valence-corrected chi connectivity index (χ1v) is 10.5. The molecule has 2 rings (SSSR count). The molecule has 0 radical (unpaired) electrons. The number of alkyl halides is 3. The molecule has 1 heterocycles. The van der Waals surface area contributed by atoms with Gasteiger partial charge in [-0.05, 0) is 37.1 Å². The minimum Gasteiger partial charge on any atom is -0.492 e. The second-order valence-electron chi connectivity index (χ2n) is 6.23. The molecule has 0 spiro atoms. The number of nitrogens with zero attached hydrogens (tertiary/aromatic N) is 1. The van der Waals surface area contributed by atoms with Gasteiger partial charge in [0, 0.05) is 24.9 Å². The van der Waals surface area contributed by atoms with E-state index in [-0.39, 0.29) is 35.1 Å². The monoisotopic (exact) mass is 431 g/mol. The third-order valence-electron chi connectivity index (χ3n) is 3.84. The predicted octanol–water partition coefficient (Wildman–Crippen LogP) is 3.89. The van der Waals surface area contributed by atoms with Crippen LogP contribution in [-0.4, -0.2) is 38.8 Å². The zero-order chi connectivity index (χ0) is 21.7. The molecule has 1 aromatic heterocycles. The Morgan fingerprint density at radius 1 is 1.10 bits per heavy atom. The molecule has 10 heteroatoms. The van der Waals surface area contributed by atoms with Crippen LogP contribution in [0.1, 0.15) is 25.3 Å². The van der Waals surface area contributed by atoms with Gasteiger partial charge in [0.1, 0.15) is 10.6 Å². The summed E-state index contributed by atoms with van der Waals surface area (Å²) < 4.78 is 73.0. The number of sulfone groups is 1. The van der Waals surface area contributed by atoms with Crippen molar-refractivity contribution in [3.05, 3.63) is 42.1 Å². The molecule has 6 nitrogen and oxygen atoms in total. The maximum Gasteiger partial charge on any atom is 0.417 e. The summed E-state index contributed by atoms with van der Waals surface area (Å²) in [6.45, 7) is 1.63. The fourth-order valence-electron chi connectivity index (χ4n) is 2.47. The summed E-state index contributed by atoms with van der Waals surface area (Å²) in [5.41, 5.74) is -0.492. The zero-order valence-corrected chi connectivity index (χ0v) is 16.6. The Labute approximate surface area is 166 Å². The van der Waals surface area contributed by atoms with E-state index < -0.39 is 27.5 Å². The number of para-hydroxylation sites is 1. The fourth-order valence-corrected chi connectivity index (χ4v) is 3.30. The molecule has 0 saturated heterocycles. The highest BCUT2D eigenvalue weighted by Crippen LogP contribution is 2.36. The Bertz CT molecular complexity index is 957. The lowest BCUT2D eigenvalue weighted by atomic mass is 10.1. The van der Waals surface area contributed by atoms with E-state index in [0.717, 1.165) is 18.4 Å². The minimum absolute atomic E-state index is 0.0229. The number of unbranched alkanes of at least 4 members (excludes halogenated alkanes) is 1. The molecule has 0 fully saturated rings. The standard InChI is InChI=1S/C19H20F3NO5S/c1-13(24)27-10-3-4-11-28-18-15(6-5-7-17(18)29(2,25)26)16-9-8-14(12-23-16)19(20,21)22/h5-9,12H,3-4,10-11H2,1-2H3. The van der Waals surface area contributed by atoms with Crippen LogP contribution in [0.5, 0.6) is 5.75 Å². The second kappa shape index (κ2) is 9.25. The average molecular weight is 431 g/mol. The largest absolute Gasteiger partial charge is 0.492 e. The van der Waals surface area contributed by atoms with Crippen LogP contribution in [-0.2, 0) is 25.5 Å². The van der Waals surface area contributed by atoms with Gasteiger partial charge in [-0.1, -0.05) is 6.07 Å². The van der Waals surface area contributed by atoms with Gasteiger partial charge >= 0.3 is 12.1 Å².